The molecule has 0 bridgehead atoms. The van der Waals surface area contributed by atoms with Crippen LogP contribution in [0.3, 0.4) is 0 Å². The number of carboxylic acids is 3. The summed E-state index contributed by atoms with van der Waals surface area (Å²) in [5.41, 5.74) is 13.8. The molecule has 0 saturated heterocycles. The van der Waals surface area contributed by atoms with Crippen molar-refractivity contribution in [3.8, 4) is 0 Å². The van der Waals surface area contributed by atoms with Gasteiger partial charge in [-0.3, -0.25) is 33.3 Å². The van der Waals surface area contributed by atoms with Gasteiger partial charge in [-0.1, -0.05) is 340 Å². The summed E-state index contributed by atoms with van der Waals surface area (Å²) in [7, 11) is -3.67. The van der Waals surface area contributed by atoms with Crippen LogP contribution in [0.2, 0.25) is 0 Å². The molecule has 20 nitrogen and oxygen atoms in total. The Kier molecular flexibility index (Phi) is 50.8. The number of rotatable bonds is 26. The smallest absolute Gasteiger partial charge is 0.345 e. The monoisotopic (exact) mass is 1870 g/mol. The minimum absolute atomic E-state index is 0.000325. The molecule has 0 radical (unpaired) electrons. The first kappa shape index (κ1) is 117. The number of fused-ring (bicyclic) bond motifs is 1. The lowest BCUT2D eigenvalue weighted by atomic mass is 9.65. The maximum atomic E-state index is 13.5. The van der Waals surface area contributed by atoms with Crippen molar-refractivity contribution in [1.82, 2.24) is 0 Å². The number of ketones is 2. The highest BCUT2D eigenvalue weighted by molar-refractivity contribution is 14.1. The van der Waals surface area contributed by atoms with Crippen molar-refractivity contribution in [3.05, 3.63) is 256 Å². The lowest BCUT2D eigenvalue weighted by Gasteiger charge is -2.36. The number of aliphatic carboxylic acids is 3. The van der Waals surface area contributed by atoms with Crippen LogP contribution in [0.25, 0.3) is 5.76 Å². The number of nitrogens with two attached hydrogens (primary N) is 1. The summed E-state index contributed by atoms with van der Waals surface area (Å²) in [4.78, 5) is 97.2. The van der Waals surface area contributed by atoms with Gasteiger partial charge in [-0.15, -0.1) is 0 Å². The average Bonchev–Trinajstić information content (AvgIpc) is 0.736. The summed E-state index contributed by atoms with van der Waals surface area (Å²) in [5.74, 6) is -8.06. The van der Waals surface area contributed by atoms with Gasteiger partial charge in [0.1, 0.15) is 17.4 Å². The van der Waals surface area contributed by atoms with E-state index < -0.39 is 85.2 Å². The second kappa shape index (κ2) is 54.9. The maximum Gasteiger partial charge on any atom is 0.345 e. The lowest BCUT2D eigenvalue weighted by molar-refractivity contribution is -0.420. The van der Waals surface area contributed by atoms with Crippen LogP contribution >= 0.6 is 22.6 Å². The molecular formula is C104H151IN2O18S. The van der Waals surface area contributed by atoms with Gasteiger partial charge in [0.15, 0.2) is 11.6 Å². The van der Waals surface area contributed by atoms with Gasteiger partial charge in [0.2, 0.25) is 5.92 Å². The molecule has 7 aromatic rings. The zero-order valence-electron chi connectivity index (χ0n) is 80.2. The molecule has 0 spiro atoms. The van der Waals surface area contributed by atoms with E-state index in [2.05, 4.69) is 151 Å². The van der Waals surface area contributed by atoms with E-state index in [1.54, 1.807) is 53.7 Å². The minimum atomic E-state index is -3.67. The molecule has 9 N–H and O–H groups in total. The molecule has 0 fully saturated rings. The van der Waals surface area contributed by atoms with Crippen LogP contribution in [0.5, 0.6) is 0 Å². The maximum absolute atomic E-state index is 13.5. The highest BCUT2D eigenvalue weighted by atomic mass is 127. The van der Waals surface area contributed by atoms with E-state index in [4.69, 9.17) is 29.6 Å². The van der Waals surface area contributed by atoms with Crippen LogP contribution in [-0.4, -0.2) is 106 Å². The third-order valence-corrected chi connectivity index (χ3v) is 21.5. The van der Waals surface area contributed by atoms with Crippen LogP contribution in [0.1, 0.15) is 293 Å². The first-order valence-electron chi connectivity index (χ1n) is 43.3. The van der Waals surface area contributed by atoms with E-state index in [1.165, 1.54) is 22.0 Å². The van der Waals surface area contributed by atoms with Gasteiger partial charge in [-0.05, 0) is 181 Å². The van der Waals surface area contributed by atoms with Crippen molar-refractivity contribution >= 4 is 85.9 Å². The van der Waals surface area contributed by atoms with Gasteiger partial charge in [0, 0.05) is 27.0 Å². The number of hydrogen-bond donors (Lipinski definition) is 6. The Morgan fingerprint density at radius 3 is 1.07 bits per heavy atom. The Hall–Kier alpha value is -9.20. The number of hydrogen-bond acceptors (Lipinski definition) is 16. The first-order valence-corrected chi connectivity index (χ1v) is 46.6. The molecule has 1 aliphatic rings. The lowest BCUT2D eigenvalue weighted by Crippen LogP contribution is -2.51. The van der Waals surface area contributed by atoms with Gasteiger partial charge < -0.3 is 50.9 Å². The quantitative estimate of drug-likeness (QED) is 0.00558. The summed E-state index contributed by atoms with van der Waals surface area (Å²) in [6.45, 7) is 50.5. The number of Topliss-reactive ketones (excluding diaryl/α,β-unsaturated/α-hetero) is 2. The van der Waals surface area contributed by atoms with Crippen molar-refractivity contribution in [2.75, 3.05) is 30.5 Å². The topological polar surface area (TPSA) is 356 Å². The summed E-state index contributed by atoms with van der Waals surface area (Å²) >= 11 is 2.41. The van der Waals surface area contributed by atoms with Crippen LogP contribution in [-0.2, 0) is 84.3 Å². The average molecular weight is 1880 g/mol. The number of carbonyl (C=O) groups excluding carboxylic acids is 6. The number of benzene rings is 7. The van der Waals surface area contributed by atoms with Gasteiger partial charge in [0.25, 0.3) is 10.1 Å². The summed E-state index contributed by atoms with van der Waals surface area (Å²) < 4.78 is 42.2. The molecule has 0 amide bonds. The second-order valence-corrected chi connectivity index (χ2v) is 41.1. The molecule has 1 aliphatic carbocycles. The third kappa shape index (κ3) is 44.5. The molecule has 0 heterocycles. The molecule has 2 unspecified atom stereocenters. The molecule has 8 rings (SSSR count). The van der Waals surface area contributed by atoms with Crippen molar-refractivity contribution in [2.45, 2.75) is 271 Å². The van der Waals surface area contributed by atoms with Gasteiger partial charge >= 0.3 is 29.8 Å². The number of aliphatic hydroxyl groups excluding tert-OH is 1. The molecule has 698 valence electrons. The van der Waals surface area contributed by atoms with E-state index >= 15 is 0 Å². The number of carbonyl (C=O) groups is 8. The van der Waals surface area contributed by atoms with Crippen LogP contribution in [0, 0.1) is 33.0 Å². The zero-order valence-corrected chi connectivity index (χ0v) is 83.2. The highest BCUT2D eigenvalue weighted by Crippen LogP contribution is 2.45. The van der Waals surface area contributed by atoms with E-state index in [0.717, 1.165) is 53.5 Å². The van der Waals surface area contributed by atoms with Crippen molar-refractivity contribution in [3.63, 3.8) is 0 Å². The number of ether oxygens (including phenoxy) is 3. The molecule has 22 heteroatoms. The van der Waals surface area contributed by atoms with Crippen molar-refractivity contribution in [1.29, 1.82) is 0 Å². The Morgan fingerprint density at radius 2 is 0.778 bits per heavy atom. The minimum Gasteiger partial charge on any atom is -0.549 e. The fraction of sp³-hybridized carbons (Fsp3) is 0.500. The summed E-state index contributed by atoms with van der Waals surface area (Å²) in [5, 5.41) is 40.1. The molecular weight excluding hydrogens is 1720 g/mol. The van der Waals surface area contributed by atoms with E-state index in [1.807, 2.05) is 203 Å². The predicted octanol–water partition coefficient (Wildman–Crippen LogP) is 21.6. The Balaban J connectivity index is 0.00000145. The van der Waals surface area contributed by atoms with E-state index in [9.17, 15) is 62.1 Å². The largest absolute Gasteiger partial charge is 0.549 e. The molecule has 0 aromatic heterocycles. The van der Waals surface area contributed by atoms with E-state index in [0.29, 0.717) is 49.0 Å². The van der Waals surface area contributed by atoms with Crippen LogP contribution in [0.4, 0.5) is 0 Å². The molecule has 0 saturated carbocycles. The van der Waals surface area contributed by atoms with Crippen LogP contribution in [0.15, 0.2) is 212 Å². The Bertz CT molecular complexity index is 4400. The van der Waals surface area contributed by atoms with E-state index in [-0.39, 0.29) is 64.6 Å². The molecule has 126 heavy (non-hydrogen) atoms. The van der Waals surface area contributed by atoms with Crippen molar-refractivity contribution in [2.24, 2.45) is 38.7 Å². The Labute approximate surface area is 768 Å². The SMILES string of the molecule is CC(C(=O)O)c1ccccc1.CC(C)(C)CCC(C)(C(=O)O)c1ccccc1.CC(C)(C)CCI.CC(C)(C)CC[C@@](C)(C(=O)[O-])c1ccccc1.CCOC(=O)C(C(=O)OCC)C(=O)[C@](C)(CCC(C)(C)C)c1ccccc1.CCOC(=O)C1=C(O)c2ccccc2[C@@](C)(CCC(C)(C)C)C1=O.CS(=O)(=O)O.C[C@H](N)c1ccccc1.C[C@H]([NH3+])c1ccccc1. The first-order chi connectivity index (χ1) is 58.1. The fourth-order valence-electron chi connectivity index (χ4n) is 12.3. The zero-order chi connectivity index (χ0) is 97.1. The van der Waals surface area contributed by atoms with Gasteiger partial charge in [-0.2, -0.15) is 8.42 Å². The Morgan fingerprint density at radius 1 is 0.468 bits per heavy atom. The third-order valence-electron chi connectivity index (χ3n) is 20.9. The van der Waals surface area contributed by atoms with Gasteiger partial charge in [-0.25, -0.2) is 4.79 Å². The number of halogens is 1. The summed E-state index contributed by atoms with van der Waals surface area (Å²) in [6.07, 6.45) is 7.73. The molecule has 7 atom stereocenters. The summed E-state index contributed by atoms with van der Waals surface area (Å²) in [6, 6.07) is 65.5. The van der Waals surface area contributed by atoms with Crippen molar-refractivity contribution < 1.29 is 91.7 Å². The number of alkyl halides is 1. The van der Waals surface area contributed by atoms with Gasteiger partial charge in [0.05, 0.1) is 54.2 Å². The fourth-order valence-corrected chi connectivity index (χ4v) is 13.9. The molecule has 0 aliphatic heterocycles. The number of carboxylic acid groups (broad SMARTS) is 3. The number of esters is 3. The van der Waals surface area contributed by atoms with Crippen LogP contribution < -0.4 is 16.6 Å². The standard InChI is InChI=1S/C22H32O5.C20H26O4.2C15H22O2.C9H10O2.2C8H11N.C6H13I.CH4O3S/c1-7-26-19(24)17(20(25)27-8-2)18(23)22(6,15-14-21(3,4)5)16-12-10-9-11-13-16;1-6-24-18(23)15-16(21)13-9-7-8-10-14(13)20(5,17(15)22)12-11-19(2,3)4;2*1-14(2,3)10-11-15(4,13(16)17)12-8-6-5-7-9-12;1-7(9(10)11)8-5-3-2-4-6-8;2*1-7(9)8-5-3-2-4-6-8;1-6(2,3)4-5-7;1-5(2,3)4/h9-13,17H,7-8,14-15H2,1-6H3;7-10,21H,6,11-12H2,1-5H3;2*5-9H,10-11H2,1-4H3,(H,16,17);2-7H,1H3,(H,10,11);2*2-7H,9H2,1H3;4-5H2,1-3H3;1H3,(H,2,3,4)/t22-;20-;15-;;;2*7-;;/m111..00../s1. The molecule has 7 aromatic carbocycles. The predicted molar refractivity (Wildman–Crippen MR) is 515 cm³/mol. The number of aliphatic hydroxyl groups is 1. The normalized spacial score (nSPS) is 15.1. The number of quaternary nitrogens is 1. The highest BCUT2D eigenvalue weighted by Gasteiger charge is 2.49. The second-order valence-electron chi connectivity index (χ2n) is 38.6.